The second kappa shape index (κ2) is 6.40. The maximum Gasteiger partial charge on any atom is 0.0396 e. The van der Waals surface area contributed by atoms with Crippen molar-refractivity contribution in [2.45, 2.75) is 32.2 Å². The Morgan fingerprint density at radius 3 is 2.58 bits per heavy atom. The zero-order valence-electron chi connectivity index (χ0n) is 12.5. The van der Waals surface area contributed by atoms with E-state index in [-0.39, 0.29) is 0 Å². The lowest BCUT2D eigenvalue weighted by Crippen LogP contribution is -2.42. The van der Waals surface area contributed by atoms with E-state index in [1.165, 1.54) is 42.7 Å². The normalized spacial score (nSPS) is 17.7. The first kappa shape index (κ1) is 14.4. The van der Waals surface area contributed by atoms with E-state index in [1.807, 2.05) is 0 Å². The molecule has 3 nitrogen and oxygen atoms in total. The number of likely N-dealkylation sites (tertiary alicyclic amines) is 1. The molecule has 1 aliphatic heterocycles. The first-order valence-corrected chi connectivity index (χ1v) is 7.33. The highest BCUT2D eigenvalue weighted by molar-refractivity contribution is 5.54. The Hall–Kier alpha value is -1.06. The Morgan fingerprint density at radius 1 is 1.32 bits per heavy atom. The summed E-state index contributed by atoms with van der Waals surface area (Å²) in [4.78, 5) is 4.89. The third kappa shape index (κ3) is 3.48. The molecule has 0 aromatic heterocycles. The summed E-state index contributed by atoms with van der Waals surface area (Å²) in [7, 11) is 4.45. The van der Waals surface area contributed by atoms with Gasteiger partial charge in [0.25, 0.3) is 0 Å². The number of anilines is 1. The van der Waals surface area contributed by atoms with E-state index in [4.69, 9.17) is 5.73 Å². The molecule has 1 heterocycles. The average molecular weight is 261 g/mol. The van der Waals surface area contributed by atoms with Gasteiger partial charge in [0.15, 0.2) is 0 Å². The molecule has 0 aliphatic carbocycles. The van der Waals surface area contributed by atoms with E-state index in [0.29, 0.717) is 6.04 Å². The molecule has 0 saturated carbocycles. The summed E-state index contributed by atoms with van der Waals surface area (Å²) in [6, 6.07) is 7.45. The molecule has 0 radical (unpaired) electrons. The molecule has 2 rings (SSSR count). The highest BCUT2D eigenvalue weighted by Gasteiger charge is 2.21. The third-order valence-corrected chi connectivity index (χ3v) is 4.31. The molecule has 0 unspecified atom stereocenters. The van der Waals surface area contributed by atoms with Crippen LogP contribution in [0.2, 0.25) is 0 Å². The van der Waals surface area contributed by atoms with Crippen LogP contribution in [0.25, 0.3) is 0 Å². The molecule has 2 N–H and O–H groups in total. The van der Waals surface area contributed by atoms with Crippen LogP contribution in [0.15, 0.2) is 18.2 Å². The number of hydrogen-bond acceptors (Lipinski definition) is 3. The number of benzene rings is 1. The molecule has 0 amide bonds. The molecule has 1 aromatic rings. The molecular weight excluding hydrogens is 234 g/mol. The van der Waals surface area contributed by atoms with Gasteiger partial charge >= 0.3 is 0 Å². The summed E-state index contributed by atoms with van der Waals surface area (Å²) in [5.74, 6) is 0. The van der Waals surface area contributed by atoms with Crippen molar-refractivity contribution < 1.29 is 0 Å². The number of nitrogens with two attached hydrogens (primary N) is 1. The summed E-state index contributed by atoms with van der Waals surface area (Å²) >= 11 is 0. The van der Waals surface area contributed by atoms with Gasteiger partial charge in [-0.15, -0.1) is 0 Å². The van der Waals surface area contributed by atoms with Crippen LogP contribution >= 0.6 is 0 Å². The van der Waals surface area contributed by atoms with E-state index >= 15 is 0 Å². The highest BCUT2D eigenvalue weighted by Crippen LogP contribution is 2.25. The third-order valence-electron chi connectivity index (χ3n) is 4.31. The fourth-order valence-corrected chi connectivity index (χ4v) is 3.01. The van der Waals surface area contributed by atoms with Gasteiger partial charge in [-0.1, -0.05) is 12.1 Å². The zero-order chi connectivity index (χ0) is 13.8. The van der Waals surface area contributed by atoms with Gasteiger partial charge < -0.3 is 15.5 Å². The van der Waals surface area contributed by atoms with Crippen molar-refractivity contribution in [3.63, 3.8) is 0 Å². The number of piperidine rings is 1. The first-order valence-electron chi connectivity index (χ1n) is 7.33. The predicted octanol–water partition coefficient (Wildman–Crippen LogP) is 2.03. The second-order valence-electron chi connectivity index (χ2n) is 5.80. The number of hydrogen-bond donors (Lipinski definition) is 1. The van der Waals surface area contributed by atoms with Crippen molar-refractivity contribution >= 4 is 5.69 Å². The van der Waals surface area contributed by atoms with Gasteiger partial charge in [0, 0.05) is 18.8 Å². The topological polar surface area (TPSA) is 32.5 Å². The van der Waals surface area contributed by atoms with Crippen molar-refractivity contribution in [2.75, 3.05) is 38.6 Å². The van der Waals surface area contributed by atoms with Gasteiger partial charge in [-0.05, 0) is 70.1 Å². The molecular formula is C16H27N3. The fraction of sp³-hybridized carbons (Fsp3) is 0.625. The van der Waals surface area contributed by atoms with Crippen molar-refractivity contribution in [2.24, 2.45) is 5.73 Å². The van der Waals surface area contributed by atoms with Gasteiger partial charge in [0.05, 0.1) is 0 Å². The second-order valence-corrected chi connectivity index (χ2v) is 5.80. The van der Waals surface area contributed by atoms with Gasteiger partial charge in [-0.3, -0.25) is 0 Å². The quantitative estimate of drug-likeness (QED) is 0.900. The monoisotopic (exact) mass is 261 g/mol. The molecule has 0 bridgehead atoms. The largest absolute Gasteiger partial charge is 0.371 e. The lowest BCUT2D eigenvalue weighted by molar-refractivity contribution is 0.253. The predicted molar refractivity (Wildman–Crippen MR) is 82.9 cm³/mol. The van der Waals surface area contributed by atoms with Crippen LogP contribution in [-0.4, -0.2) is 44.7 Å². The molecule has 106 valence electrons. The summed E-state index contributed by atoms with van der Waals surface area (Å²) in [6.45, 7) is 5.35. The fourth-order valence-electron chi connectivity index (χ4n) is 3.01. The summed E-state index contributed by atoms with van der Waals surface area (Å²) in [5.41, 5.74) is 9.71. The molecule has 3 heteroatoms. The molecule has 1 saturated heterocycles. The van der Waals surface area contributed by atoms with Gasteiger partial charge in [0.2, 0.25) is 0 Å². The zero-order valence-corrected chi connectivity index (χ0v) is 12.5. The van der Waals surface area contributed by atoms with Gasteiger partial charge in [-0.2, -0.15) is 0 Å². The van der Waals surface area contributed by atoms with Crippen LogP contribution in [0.5, 0.6) is 0 Å². The first-order chi connectivity index (χ1) is 9.11. The van der Waals surface area contributed by atoms with Crippen molar-refractivity contribution in [1.82, 2.24) is 4.90 Å². The van der Waals surface area contributed by atoms with Crippen molar-refractivity contribution in [3.05, 3.63) is 29.3 Å². The Kier molecular flexibility index (Phi) is 4.83. The summed E-state index contributed by atoms with van der Waals surface area (Å²) in [5, 5.41) is 0. The minimum absolute atomic E-state index is 0.676. The molecule has 0 spiro atoms. The van der Waals surface area contributed by atoms with Crippen molar-refractivity contribution in [1.29, 1.82) is 0 Å². The number of aryl methyl sites for hydroxylation is 1. The van der Waals surface area contributed by atoms with Crippen LogP contribution < -0.4 is 10.6 Å². The van der Waals surface area contributed by atoms with E-state index in [1.54, 1.807) is 0 Å². The molecule has 1 aromatic carbocycles. The molecule has 0 atom stereocenters. The van der Waals surface area contributed by atoms with E-state index in [0.717, 1.165) is 13.0 Å². The van der Waals surface area contributed by atoms with E-state index in [2.05, 4.69) is 49.0 Å². The minimum Gasteiger partial charge on any atom is -0.371 e. The van der Waals surface area contributed by atoms with Crippen LogP contribution in [0.1, 0.15) is 24.0 Å². The summed E-state index contributed by atoms with van der Waals surface area (Å²) in [6.07, 6.45) is 3.49. The Morgan fingerprint density at radius 2 is 2.00 bits per heavy atom. The molecule has 19 heavy (non-hydrogen) atoms. The van der Waals surface area contributed by atoms with E-state index in [9.17, 15) is 0 Å². The molecule has 1 fully saturated rings. The maximum absolute atomic E-state index is 5.62. The lowest BCUT2D eigenvalue weighted by Gasteiger charge is -2.37. The Labute approximate surface area is 117 Å². The van der Waals surface area contributed by atoms with E-state index < -0.39 is 0 Å². The average Bonchev–Trinajstić information content (AvgIpc) is 2.39. The Balaban J connectivity index is 2.08. The standard InChI is InChI=1S/C16H27N3/c1-13-12-14(6-9-17)4-5-16(13)19(3)15-7-10-18(2)11-8-15/h4-5,12,15H,6-11,17H2,1-3H3. The van der Waals surface area contributed by atoms with Gasteiger partial charge in [0.1, 0.15) is 0 Å². The van der Waals surface area contributed by atoms with Crippen LogP contribution in [0.4, 0.5) is 5.69 Å². The van der Waals surface area contributed by atoms with Crippen LogP contribution in [0.3, 0.4) is 0 Å². The minimum atomic E-state index is 0.676. The van der Waals surface area contributed by atoms with Crippen LogP contribution in [0, 0.1) is 6.92 Å². The maximum atomic E-state index is 5.62. The Bertz CT molecular complexity index is 408. The van der Waals surface area contributed by atoms with Gasteiger partial charge in [-0.25, -0.2) is 0 Å². The van der Waals surface area contributed by atoms with Crippen LogP contribution in [-0.2, 0) is 6.42 Å². The lowest BCUT2D eigenvalue weighted by atomic mass is 10.0. The SMILES string of the molecule is Cc1cc(CCN)ccc1N(C)C1CCN(C)CC1. The number of rotatable bonds is 4. The highest BCUT2D eigenvalue weighted by atomic mass is 15.2. The van der Waals surface area contributed by atoms with Crippen molar-refractivity contribution in [3.8, 4) is 0 Å². The molecule has 1 aliphatic rings. The smallest absolute Gasteiger partial charge is 0.0396 e. The number of nitrogens with zero attached hydrogens (tertiary/aromatic N) is 2. The summed E-state index contributed by atoms with van der Waals surface area (Å²) < 4.78 is 0.